The molecule has 0 radical (unpaired) electrons. The van der Waals surface area contributed by atoms with Gasteiger partial charge >= 0.3 is 12.4 Å². The Labute approximate surface area is 240 Å². The number of amides is 2. The Hall–Kier alpha value is -3.14. The van der Waals surface area contributed by atoms with Crippen molar-refractivity contribution in [1.29, 1.82) is 0 Å². The second kappa shape index (κ2) is 12.4. The number of hydrogen-bond acceptors (Lipinski definition) is 7. The first-order valence-electron chi connectivity index (χ1n) is 12.1. The van der Waals surface area contributed by atoms with E-state index in [1.807, 2.05) is 4.90 Å². The minimum atomic E-state index is -5.01. The van der Waals surface area contributed by atoms with Crippen molar-refractivity contribution in [2.45, 2.75) is 18.8 Å². The molecule has 2 aliphatic rings. The first kappa shape index (κ1) is 30.8. The maximum absolute atomic E-state index is 13.5. The van der Waals surface area contributed by atoms with E-state index in [1.54, 1.807) is 0 Å². The molecule has 2 aliphatic heterocycles. The zero-order valence-electron chi connectivity index (χ0n) is 21.2. The number of halogens is 6. The standard InChI is InChI=1S/C26H23F6N3O4S2/c27-25(28,29)18-10-16(11-19(13-18)26(30,31)32)15-1-2-20(39-14-34-5-7-38-8-6-34)17(9-15)12-21-23(37)35(24(40)41-21)4-3-22(33)36/h1-2,9-13H,3-8,14H2,(H2,33,36). The summed E-state index contributed by atoms with van der Waals surface area (Å²) in [6, 6.07) is 5.43. The van der Waals surface area contributed by atoms with E-state index < -0.39 is 35.3 Å². The van der Waals surface area contributed by atoms with Gasteiger partial charge in [0, 0.05) is 31.6 Å². The fraction of sp³-hybridized carbons (Fsp3) is 0.346. The van der Waals surface area contributed by atoms with Crippen molar-refractivity contribution in [2.24, 2.45) is 5.73 Å². The van der Waals surface area contributed by atoms with Crippen molar-refractivity contribution in [3.05, 3.63) is 58.0 Å². The summed E-state index contributed by atoms with van der Waals surface area (Å²) in [5.74, 6) is -0.913. The molecule has 2 saturated heterocycles. The smallest absolute Gasteiger partial charge is 0.416 e. The maximum atomic E-state index is 13.5. The first-order valence-corrected chi connectivity index (χ1v) is 13.4. The summed E-state index contributed by atoms with van der Waals surface area (Å²) in [4.78, 5) is 27.5. The Kier molecular flexibility index (Phi) is 9.31. The summed E-state index contributed by atoms with van der Waals surface area (Å²) < 4.78 is 92.3. The summed E-state index contributed by atoms with van der Waals surface area (Å²) in [6.07, 6.45) is -8.75. The first-order chi connectivity index (χ1) is 19.2. The van der Waals surface area contributed by atoms with Gasteiger partial charge in [-0.1, -0.05) is 30.0 Å². The topological polar surface area (TPSA) is 85.1 Å². The molecule has 0 aliphatic carbocycles. The second-order valence-corrected chi connectivity index (χ2v) is 10.8. The number of carbonyl (C=O) groups is 2. The van der Waals surface area contributed by atoms with E-state index in [-0.39, 0.29) is 57.4 Å². The average Bonchev–Trinajstić information content (AvgIpc) is 3.17. The number of thioether (sulfide) groups is 1. The normalized spacial score (nSPS) is 17.9. The van der Waals surface area contributed by atoms with E-state index >= 15 is 0 Å². The van der Waals surface area contributed by atoms with Crippen molar-refractivity contribution >= 4 is 46.2 Å². The van der Waals surface area contributed by atoms with Gasteiger partial charge < -0.3 is 15.2 Å². The fourth-order valence-corrected chi connectivity index (χ4v) is 5.34. The minimum absolute atomic E-state index is 0.0378. The van der Waals surface area contributed by atoms with Crippen molar-refractivity contribution < 1.29 is 45.4 Å². The minimum Gasteiger partial charge on any atom is -0.478 e. The SMILES string of the molecule is NC(=O)CCN1C(=O)C(=Cc2cc(-c3cc(C(F)(F)F)cc(C(F)(F)F)c3)ccc2OCN2CCOCC2)SC1=S. The Morgan fingerprint density at radius 2 is 1.66 bits per heavy atom. The number of nitrogens with zero attached hydrogens (tertiary/aromatic N) is 2. The molecular weight excluding hydrogens is 596 g/mol. The lowest BCUT2D eigenvalue weighted by molar-refractivity contribution is -0.143. The fourth-order valence-electron chi connectivity index (χ4n) is 4.04. The molecule has 2 fully saturated rings. The van der Waals surface area contributed by atoms with Gasteiger partial charge in [0.05, 0.1) is 29.2 Å². The van der Waals surface area contributed by atoms with Gasteiger partial charge in [0.15, 0.2) is 0 Å². The highest BCUT2D eigenvalue weighted by Crippen LogP contribution is 2.40. The van der Waals surface area contributed by atoms with Crippen LogP contribution < -0.4 is 10.5 Å². The predicted molar refractivity (Wildman–Crippen MR) is 143 cm³/mol. The van der Waals surface area contributed by atoms with Gasteiger partial charge in [0.1, 0.15) is 16.8 Å². The zero-order valence-corrected chi connectivity index (χ0v) is 22.8. The molecule has 15 heteroatoms. The van der Waals surface area contributed by atoms with Gasteiger partial charge in [0.25, 0.3) is 5.91 Å². The van der Waals surface area contributed by atoms with Crippen molar-refractivity contribution in [2.75, 3.05) is 39.6 Å². The summed E-state index contributed by atoms with van der Waals surface area (Å²) >= 11 is 6.18. The third-order valence-corrected chi connectivity index (χ3v) is 7.56. The molecule has 7 nitrogen and oxygen atoms in total. The molecule has 0 atom stereocenters. The van der Waals surface area contributed by atoms with Crippen LogP contribution in [0, 0.1) is 0 Å². The molecule has 0 spiro atoms. The number of morpholine rings is 1. The summed E-state index contributed by atoms with van der Waals surface area (Å²) in [6.45, 7) is 2.28. The quantitative estimate of drug-likeness (QED) is 0.249. The molecular formula is C26H23F6N3O4S2. The number of nitrogens with two attached hydrogens (primary N) is 1. The van der Waals surface area contributed by atoms with E-state index in [0.29, 0.717) is 38.4 Å². The van der Waals surface area contributed by atoms with Gasteiger partial charge in [-0.2, -0.15) is 26.3 Å². The average molecular weight is 620 g/mol. The molecule has 2 aromatic carbocycles. The highest BCUT2D eigenvalue weighted by molar-refractivity contribution is 8.26. The van der Waals surface area contributed by atoms with Crippen LogP contribution in [0.5, 0.6) is 5.75 Å². The Morgan fingerprint density at radius 1 is 1.02 bits per heavy atom. The van der Waals surface area contributed by atoms with E-state index in [9.17, 15) is 35.9 Å². The van der Waals surface area contributed by atoms with E-state index in [0.717, 1.165) is 11.8 Å². The van der Waals surface area contributed by atoms with E-state index in [1.165, 1.54) is 29.2 Å². The third-order valence-electron chi connectivity index (χ3n) is 6.18. The van der Waals surface area contributed by atoms with Crippen molar-refractivity contribution in [3.8, 4) is 16.9 Å². The monoisotopic (exact) mass is 619 g/mol. The molecule has 0 bridgehead atoms. The van der Waals surface area contributed by atoms with Crippen LogP contribution in [0.4, 0.5) is 26.3 Å². The summed E-state index contributed by atoms with van der Waals surface area (Å²) in [7, 11) is 0. The molecule has 2 aromatic rings. The lowest BCUT2D eigenvalue weighted by Gasteiger charge is -2.26. The van der Waals surface area contributed by atoms with Gasteiger partial charge in [-0.3, -0.25) is 19.4 Å². The number of thiocarbonyl (C=S) groups is 1. The number of hydrogen-bond donors (Lipinski definition) is 1. The highest BCUT2D eigenvalue weighted by atomic mass is 32.2. The van der Waals surface area contributed by atoms with Crippen LogP contribution in [0.3, 0.4) is 0 Å². The largest absolute Gasteiger partial charge is 0.478 e. The molecule has 4 rings (SSSR count). The van der Waals surface area contributed by atoms with Gasteiger partial charge in [-0.05, 0) is 47.5 Å². The number of ether oxygens (including phenoxy) is 2. The number of primary amides is 1. The van der Waals surface area contributed by atoms with E-state index in [2.05, 4.69) is 0 Å². The Morgan fingerprint density at radius 3 is 2.24 bits per heavy atom. The third kappa shape index (κ3) is 7.78. The van der Waals surface area contributed by atoms with Gasteiger partial charge in [-0.15, -0.1) is 0 Å². The van der Waals surface area contributed by atoms with Crippen LogP contribution in [-0.4, -0.2) is 65.5 Å². The summed E-state index contributed by atoms with van der Waals surface area (Å²) in [5.41, 5.74) is 2.21. The maximum Gasteiger partial charge on any atom is 0.416 e. The van der Waals surface area contributed by atoms with Crippen molar-refractivity contribution in [1.82, 2.24) is 9.80 Å². The van der Waals surface area contributed by atoms with Crippen molar-refractivity contribution in [3.63, 3.8) is 0 Å². The predicted octanol–water partition coefficient (Wildman–Crippen LogP) is 5.14. The number of rotatable bonds is 8. The van der Waals surface area contributed by atoms with E-state index in [4.69, 9.17) is 27.4 Å². The molecule has 220 valence electrons. The number of benzene rings is 2. The Bertz CT molecular complexity index is 1340. The lowest BCUT2D eigenvalue weighted by atomic mass is 9.97. The van der Waals surface area contributed by atoms with Gasteiger partial charge in [-0.25, -0.2) is 0 Å². The van der Waals surface area contributed by atoms with Crippen LogP contribution in [0.2, 0.25) is 0 Å². The molecule has 0 saturated carbocycles. The van der Waals surface area contributed by atoms with Crippen LogP contribution in [0.15, 0.2) is 41.3 Å². The highest BCUT2D eigenvalue weighted by Gasteiger charge is 2.37. The lowest BCUT2D eigenvalue weighted by Crippen LogP contribution is -2.38. The van der Waals surface area contributed by atoms with Gasteiger partial charge in [0.2, 0.25) is 5.91 Å². The van der Waals surface area contributed by atoms with Crippen LogP contribution >= 0.6 is 24.0 Å². The molecule has 41 heavy (non-hydrogen) atoms. The number of carbonyl (C=O) groups excluding carboxylic acids is 2. The van der Waals surface area contributed by atoms with Crippen LogP contribution in [0.1, 0.15) is 23.1 Å². The second-order valence-electron chi connectivity index (χ2n) is 9.10. The van der Waals surface area contributed by atoms with Crippen LogP contribution in [-0.2, 0) is 26.7 Å². The molecule has 0 aromatic heterocycles. The zero-order chi connectivity index (χ0) is 29.9. The molecule has 0 unspecified atom stereocenters. The molecule has 2 N–H and O–H groups in total. The molecule has 2 amide bonds. The molecule has 2 heterocycles. The Balaban J connectivity index is 1.75. The summed E-state index contributed by atoms with van der Waals surface area (Å²) in [5, 5.41) is 0. The van der Waals surface area contributed by atoms with Crippen LogP contribution in [0.25, 0.3) is 17.2 Å². The number of alkyl halides is 6.